The fourth-order valence-electron chi connectivity index (χ4n) is 1.75. The molecule has 7 heteroatoms. The zero-order chi connectivity index (χ0) is 12.3. The van der Waals surface area contributed by atoms with E-state index in [1.807, 2.05) is 4.90 Å². The molecule has 4 nitrogen and oxygen atoms in total. The number of aromatic nitrogens is 2. The van der Waals surface area contributed by atoms with Gasteiger partial charge in [0.05, 0.1) is 0 Å². The lowest BCUT2D eigenvalue weighted by molar-refractivity contribution is -0.115. The number of nitrogens with zero attached hydrogens (tertiary/aromatic N) is 3. The van der Waals surface area contributed by atoms with Crippen LogP contribution in [0, 0.1) is 0 Å². The maximum Gasteiger partial charge on any atom is 0.405 e. The van der Waals surface area contributed by atoms with Crippen molar-refractivity contribution in [2.45, 2.75) is 19.0 Å². The minimum absolute atomic E-state index is 0.208. The Hall–Kier alpha value is -1.53. The zero-order valence-corrected chi connectivity index (χ0v) is 9.17. The molecule has 17 heavy (non-hydrogen) atoms. The van der Waals surface area contributed by atoms with Crippen molar-refractivity contribution in [2.75, 3.05) is 29.9 Å². The Bertz CT molecular complexity index is 374. The van der Waals surface area contributed by atoms with E-state index in [4.69, 9.17) is 0 Å². The van der Waals surface area contributed by atoms with Crippen LogP contribution < -0.4 is 10.2 Å². The van der Waals surface area contributed by atoms with E-state index in [9.17, 15) is 13.2 Å². The summed E-state index contributed by atoms with van der Waals surface area (Å²) in [6.45, 7) is 0.717. The maximum atomic E-state index is 12.0. The minimum atomic E-state index is -4.24. The molecule has 0 aromatic carbocycles. The van der Waals surface area contributed by atoms with E-state index in [-0.39, 0.29) is 5.82 Å². The van der Waals surface area contributed by atoms with Crippen LogP contribution in [0.2, 0.25) is 0 Å². The van der Waals surface area contributed by atoms with Gasteiger partial charge in [0.2, 0.25) is 0 Å². The van der Waals surface area contributed by atoms with Gasteiger partial charge < -0.3 is 10.2 Å². The SMILES string of the molecule is FC(F)(F)CNc1cc(N2CCCC2)ncn1. The number of anilines is 2. The molecule has 0 aliphatic carbocycles. The number of alkyl halides is 3. The summed E-state index contributed by atoms with van der Waals surface area (Å²) in [6.07, 6.45) is -0.768. The first-order chi connectivity index (χ1) is 8.04. The van der Waals surface area contributed by atoms with Gasteiger partial charge in [-0.1, -0.05) is 0 Å². The molecule has 2 rings (SSSR count). The van der Waals surface area contributed by atoms with Crippen molar-refractivity contribution < 1.29 is 13.2 Å². The maximum absolute atomic E-state index is 12.0. The second kappa shape index (κ2) is 4.77. The van der Waals surface area contributed by atoms with Gasteiger partial charge >= 0.3 is 6.18 Å². The van der Waals surface area contributed by atoms with E-state index < -0.39 is 12.7 Å². The van der Waals surface area contributed by atoms with Crippen LogP contribution in [-0.2, 0) is 0 Å². The molecule has 1 aromatic heterocycles. The molecule has 94 valence electrons. The predicted octanol–water partition coefficient (Wildman–Crippen LogP) is 2.05. The molecule has 0 amide bonds. The average Bonchev–Trinajstić information content (AvgIpc) is 2.79. The van der Waals surface area contributed by atoms with E-state index in [0.29, 0.717) is 5.82 Å². The first-order valence-electron chi connectivity index (χ1n) is 5.42. The van der Waals surface area contributed by atoms with Gasteiger partial charge in [-0.2, -0.15) is 13.2 Å². The third-order valence-corrected chi connectivity index (χ3v) is 2.55. The molecule has 1 N–H and O–H groups in total. The van der Waals surface area contributed by atoms with Gasteiger partial charge in [-0.15, -0.1) is 0 Å². The Kier molecular flexibility index (Phi) is 3.35. The number of rotatable bonds is 3. The van der Waals surface area contributed by atoms with E-state index in [2.05, 4.69) is 15.3 Å². The quantitative estimate of drug-likeness (QED) is 0.886. The molecule has 1 saturated heterocycles. The molecule has 0 atom stereocenters. The van der Waals surface area contributed by atoms with Gasteiger partial charge in [-0.25, -0.2) is 9.97 Å². The Morgan fingerprint density at radius 3 is 2.59 bits per heavy atom. The van der Waals surface area contributed by atoms with E-state index in [1.165, 1.54) is 6.33 Å². The summed E-state index contributed by atoms with van der Waals surface area (Å²) >= 11 is 0. The minimum Gasteiger partial charge on any atom is -0.361 e. The van der Waals surface area contributed by atoms with Gasteiger partial charge in [0.25, 0.3) is 0 Å². The second-order valence-corrected chi connectivity index (χ2v) is 3.92. The topological polar surface area (TPSA) is 41.0 Å². The summed E-state index contributed by atoms with van der Waals surface area (Å²) in [5, 5.41) is 2.25. The molecule has 0 unspecified atom stereocenters. The van der Waals surface area contributed by atoms with Crippen LogP contribution in [0.25, 0.3) is 0 Å². The van der Waals surface area contributed by atoms with E-state index in [0.717, 1.165) is 25.9 Å². The van der Waals surface area contributed by atoms with Gasteiger partial charge in [-0.3, -0.25) is 0 Å². The number of hydrogen-bond acceptors (Lipinski definition) is 4. The summed E-state index contributed by atoms with van der Waals surface area (Å²) in [5.74, 6) is 0.890. The molecular formula is C10H13F3N4. The molecular weight excluding hydrogens is 233 g/mol. The smallest absolute Gasteiger partial charge is 0.361 e. The Labute approximate surface area is 96.9 Å². The summed E-state index contributed by atoms with van der Waals surface area (Å²) in [5.41, 5.74) is 0. The fourth-order valence-corrected chi connectivity index (χ4v) is 1.75. The predicted molar refractivity (Wildman–Crippen MR) is 58.0 cm³/mol. The lowest BCUT2D eigenvalue weighted by Crippen LogP contribution is -2.23. The Morgan fingerprint density at radius 1 is 1.24 bits per heavy atom. The van der Waals surface area contributed by atoms with Crippen LogP contribution in [0.5, 0.6) is 0 Å². The number of halogens is 3. The van der Waals surface area contributed by atoms with E-state index in [1.54, 1.807) is 6.07 Å². The van der Waals surface area contributed by atoms with Gasteiger partial charge in [0, 0.05) is 19.2 Å². The summed E-state index contributed by atoms with van der Waals surface area (Å²) in [7, 11) is 0. The summed E-state index contributed by atoms with van der Waals surface area (Å²) < 4.78 is 36.1. The molecule has 0 spiro atoms. The molecule has 0 bridgehead atoms. The highest BCUT2D eigenvalue weighted by Crippen LogP contribution is 2.20. The van der Waals surface area contributed by atoms with Gasteiger partial charge in [0.15, 0.2) is 0 Å². The molecule has 0 radical (unpaired) electrons. The van der Waals surface area contributed by atoms with Crippen molar-refractivity contribution in [1.29, 1.82) is 0 Å². The van der Waals surface area contributed by atoms with Crippen LogP contribution in [0.1, 0.15) is 12.8 Å². The zero-order valence-electron chi connectivity index (χ0n) is 9.17. The van der Waals surface area contributed by atoms with Crippen LogP contribution in [0.3, 0.4) is 0 Å². The lowest BCUT2D eigenvalue weighted by Gasteiger charge is -2.17. The third-order valence-electron chi connectivity index (χ3n) is 2.55. The number of nitrogens with one attached hydrogen (secondary N) is 1. The van der Waals surface area contributed by atoms with Crippen molar-refractivity contribution >= 4 is 11.6 Å². The highest BCUT2D eigenvalue weighted by atomic mass is 19.4. The van der Waals surface area contributed by atoms with Gasteiger partial charge in [0.1, 0.15) is 24.5 Å². The molecule has 1 aliphatic rings. The van der Waals surface area contributed by atoms with Crippen LogP contribution in [0.4, 0.5) is 24.8 Å². The molecule has 1 fully saturated rings. The average molecular weight is 246 g/mol. The van der Waals surface area contributed by atoms with Crippen molar-refractivity contribution in [3.8, 4) is 0 Å². The Morgan fingerprint density at radius 2 is 1.94 bits per heavy atom. The van der Waals surface area contributed by atoms with Crippen LogP contribution >= 0.6 is 0 Å². The first-order valence-corrected chi connectivity index (χ1v) is 5.42. The fraction of sp³-hybridized carbons (Fsp3) is 0.600. The highest BCUT2D eigenvalue weighted by Gasteiger charge is 2.27. The molecule has 1 aromatic rings. The summed E-state index contributed by atoms with van der Waals surface area (Å²) in [4.78, 5) is 9.87. The van der Waals surface area contributed by atoms with Crippen LogP contribution in [0.15, 0.2) is 12.4 Å². The molecule has 2 heterocycles. The first kappa shape index (κ1) is 11.9. The Balaban J connectivity index is 2.01. The monoisotopic (exact) mass is 246 g/mol. The second-order valence-electron chi connectivity index (χ2n) is 3.92. The summed E-state index contributed by atoms with van der Waals surface area (Å²) in [6, 6.07) is 1.55. The molecule has 1 aliphatic heterocycles. The largest absolute Gasteiger partial charge is 0.405 e. The normalized spacial score (nSPS) is 16.3. The highest BCUT2D eigenvalue weighted by molar-refractivity contribution is 5.48. The molecule has 0 saturated carbocycles. The van der Waals surface area contributed by atoms with Crippen molar-refractivity contribution in [1.82, 2.24) is 9.97 Å². The third kappa shape index (κ3) is 3.47. The van der Waals surface area contributed by atoms with E-state index >= 15 is 0 Å². The van der Waals surface area contributed by atoms with Gasteiger partial charge in [-0.05, 0) is 12.8 Å². The van der Waals surface area contributed by atoms with Crippen LogP contribution in [-0.4, -0.2) is 35.8 Å². The number of hydrogen-bond donors (Lipinski definition) is 1. The van der Waals surface area contributed by atoms with Crippen molar-refractivity contribution in [2.24, 2.45) is 0 Å². The lowest BCUT2D eigenvalue weighted by atomic mass is 10.4. The standard InChI is InChI=1S/C10H13F3N4/c11-10(12,13)6-14-8-5-9(16-7-15-8)17-3-1-2-4-17/h5,7H,1-4,6H2,(H,14,15,16). The van der Waals surface area contributed by atoms with Crippen molar-refractivity contribution in [3.63, 3.8) is 0 Å². The van der Waals surface area contributed by atoms with Crippen molar-refractivity contribution in [3.05, 3.63) is 12.4 Å².